The third kappa shape index (κ3) is 3.43. The Labute approximate surface area is 115 Å². The third-order valence-corrected chi connectivity index (χ3v) is 2.83. The predicted octanol–water partition coefficient (Wildman–Crippen LogP) is 3.72. The van der Waals surface area contributed by atoms with Crippen molar-refractivity contribution in [2.75, 3.05) is 17.2 Å². The Morgan fingerprint density at radius 3 is 2.56 bits per heavy atom. The van der Waals surface area contributed by atoms with Crippen LogP contribution in [0.3, 0.4) is 0 Å². The van der Waals surface area contributed by atoms with E-state index >= 15 is 0 Å². The van der Waals surface area contributed by atoms with E-state index in [-0.39, 0.29) is 0 Å². The van der Waals surface area contributed by atoms with Crippen LogP contribution in [-0.2, 0) is 0 Å². The number of aryl methyl sites for hydroxylation is 1. The summed E-state index contributed by atoms with van der Waals surface area (Å²) in [5.41, 5.74) is 1.93. The van der Waals surface area contributed by atoms with E-state index < -0.39 is 0 Å². The first-order chi connectivity index (χ1) is 8.67. The predicted molar refractivity (Wildman–Crippen MR) is 78.4 cm³/mol. The van der Waals surface area contributed by atoms with Crippen molar-refractivity contribution in [2.45, 2.75) is 13.8 Å². The number of rotatable bonds is 4. The minimum Gasteiger partial charge on any atom is -0.354 e. The number of hydrogen-bond acceptors (Lipinski definition) is 4. The van der Waals surface area contributed by atoms with Crippen LogP contribution in [-0.4, -0.2) is 16.5 Å². The summed E-state index contributed by atoms with van der Waals surface area (Å²) in [5.74, 6) is 1.44. The second-order valence-electron chi connectivity index (χ2n) is 3.88. The molecule has 0 amide bonds. The number of nitrogens with zero attached hydrogens (tertiary/aromatic N) is 2. The number of halogens is 1. The van der Waals surface area contributed by atoms with Crippen LogP contribution in [0.5, 0.6) is 0 Å². The average molecular weight is 307 g/mol. The monoisotopic (exact) mass is 306 g/mol. The van der Waals surface area contributed by atoms with E-state index in [2.05, 4.69) is 36.5 Å². The molecule has 94 valence electrons. The Hall–Kier alpha value is -1.62. The maximum absolute atomic E-state index is 4.40. The van der Waals surface area contributed by atoms with Crippen LogP contribution in [0.4, 0.5) is 17.5 Å². The van der Waals surface area contributed by atoms with Gasteiger partial charge in [0.05, 0.1) is 0 Å². The van der Waals surface area contributed by atoms with Crippen LogP contribution in [0.2, 0.25) is 0 Å². The zero-order chi connectivity index (χ0) is 13.0. The molecule has 2 N–H and O–H groups in total. The highest BCUT2D eigenvalue weighted by molar-refractivity contribution is 9.10. The largest absolute Gasteiger partial charge is 0.354 e. The molecule has 0 aliphatic heterocycles. The molecule has 0 aliphatic carbocycles. The minimum absolute atomic E-state index is 0.650. The first-order valence-corrected chi connectivity index (χ1v) is 6.59. The van der Waals surface area contributed by atoms with Crippen LogP contribution in [0.25, 0.3) is 0 Å². The quantitative estimate of drug-likeness (QED) is 0.904. The Balaban J connectivity index is 2.20. The van der Waals surface area contributed by atoms with Gasteiger partial charge in [-0.2, -0.15) is 4.98 Å². The van der Waals surface area contributed by atoms with Gasteiger partial charge in [0.1, 0.15) is 5.82 Å². The molecule has 0 saturated heterocycles. The summed E-state index contributed by atoms with van der Waals surface area (Å²) in [6, 6.07) is 9.88. The van der Waals surface area contributed by atoms with E-state index in [4.69, 9.17) is 0 Å². The van der Waals surface area contributed by atoms with Crippen molar-refractivity contribution >= 4 is 33.4 Å². The van der Waals surface area contributed by atoms with Gasteiger partial charge in [-0.1, -0.05) is 15.9 Å². The van der Waals surface area contributed by atoms with Gasteiger partial charge < -0.3 is 10.6 Å². The number of anilines is 3. The van der Waals surface area contributed by atoms with E-state index in [1.54, 1.807) is 0 Å². The molecule has 18 heavy (non-hydrogen) atoms. The second-order valence-corrected chi connectivity index (χ2v) is 4.80. The van der Waals surface area contributed by atoms with Gasteiger partial charge >= 0.3 is 0 Å². The third-order valence-electron chi connectivity index (χ3n) is 2.31. The highest BCUT2D eigenvalue weighted by atomic mass is 79.9. The van der Waals surface area contributed by atoms with Crippen molar-refractivity contribution in [3.63, 3.8) is 0 Å². The molecule has 0 radical (unpaired) electrons. The van der Waals surface area contributed by atoms with Crippen LogP contribution >= 0.6 is 15.9 Å². The van der Waals surface area contributed by atoms with Crippen LogP contribution in [0.1, 0.15) is 12.6 Å². The minimum atomic E-state index is 0.650. The number of hydrogen-bond donors (Lipinski definition) is 2. The molecule has 1 aromatic heterocycles. The maximum atomic E-state index is 4.40. The van der Waals surface area contributed by atoms with Gasteiger partial charge in [-0.05, 0) is 38.1 Å². The highest BCUT2D eigenvalue weighted by Gasteiger charge is 2.01. The Morgan fingerprint density at radius 1 is 1.17 bits per heavy atom. The molecule has 0 unspecified atom stereocenters. The molecule has 0 spiro atoms. The van der Waals surface area contributed by atoms with Gasteiger partial charge in [-0.25, -0.2) is 4.98 Å². The van der Waals surface area contributed by atoms with Gasteiger partial charge in [0, 0.05) is 28.5 Å². The Bertz CT molecular complexity index is 525. The SMILES string of the molecule is CCNc1nc(C)cc(Nc2ccc(Br)cc2)n1. The van der Waals surface area contributed by atoms with E-state index in [9.17, 15) is 0 Å². The van der Waals surface area contributed by atoms with Gasteiger partial charge in [0.15, 0.2) is 0 Å². The molecule has 4 nitrogen and oxygen atoms in total. The van der Waals surface area contributed by atoms with Crippen molar-refractivity contribution in [2.24, 2.45) is 0 Å². The summed E-state index contributed by atoms with van der Waals surface area (Å²) in [5, 5.41) is 6.37. The van der Waals surface area contributed by atoms with Crippen molar-refractivity contribution in [1.29, 1.82) is 0 Å². The van der Waals surface area contributed by atoms with E-state index in [0.29, 0.717) is 5.95 Å². The average Bonchev–Trinajstić information content (AvgIpc) is 2.32. The maximum Gasteiger partial charge on any atom is 0.224 e. The first kappa shape index (κ1) is 12.8. The standard InChI is InChI=1S/C13H15BrN4/c1-3-15-13-16-9(2)8-12(18-13)17-11-6-4-10(14)5-7-11/h4-8H,3H2,1-2H3,(H2,15,16,17,18). The van der Waals surface area contributed by atoms with Crippen molar-refractivity contribution < 1.29 is 0 Å². The lowest BCUT2D eigenvalue weighted by atomic mass is 10.3. The number of aromatic nitrogens is 2. The zero-order valence-corrected chi connectivity index (χ0v) is 12.0. The number of benzene rings is 1. The summed E-state index contributed by atoms with van der Waals surface area (Å²) < 4.78 is 1.06. The smallest absolute Gasteiger partial charge is 0.224 e. The normalized spacial score (nSPS) is 10.2. The molecular weight excluding hydrogens is 292 g/mol. The molecule has 2 rings (SSSR count). The van der Waals surface area contributed by atoms with Gasteiger partial charge in [-0.15, -0.1) is 0 Å². The topological polar surface area (TPSA) is 49.8 Å². The summed E-state index contributed by atoms with van der Waals surface area (Å²) in [6.45, 7) is 4.78. The second kappa shape index (κ2) is 5.82. The summed E-state index contributed by atoms with van der Waals surface area (Å²) in [4.78, 5) is 8.71. The Kier molecular flexibility index (Phi) is 4.15. The highest BCUT2D eigenvalue weighted by Crippen LogP contribution is 2.19. The molecule has 0 saturated carbocycles. The molecular formula is C13H15BrN4. The molecule has 0 fully saturated rings. The Morgan fingerprint density at radius 2 is 1.89 bits per heavy atom. The zero-order valence-electron chi connectivity index (χ0n) is 10.4. The van der Waals surface area contributed by atoms with E-state index in [1.165, 1.54) is 0 Å². The lowest BCUT2D eigenvalue weighted by Crippen LogP contribution is -2.05. The summed E-state index contributed by atoms with van der Waals surface area (Å²) in [7, 11) is 0. The van der Waals surface area contributed by atoms with E-state index in [1.807, 2.05) is 44.2 Å². The molecule has 2 aromatic rings. The number of nitrogens with one attached hydrogen (secondary N) is 2. The summed E-state index contributed by atoms with van der Waals surface area (Å²) in [6.07, 6.45) is 0. The van der Waals surface area contributed by atoms with Gasteiger partial charge in [0.25, 0.3) is 0 Å². The van der Waals surface area contributed by atoms with Crippen LogP contribution in [0, 0.1) is 6.92 Å². The fourth-order valence-corrected chi connectivity index (χ4v) is 1.82. The lowest BCUT2D eigenvalue weighted by molar-refractivity contribution is 1.05. The van der Waals surface area contributed by atoms with Crippen molar-refractivity contribution in [1.82, 2.24) is 9.97 Å². The van der Waals surface area contributed by atoms with Crippen LogP contribution < -0.4 is 10.6 Å². The summed E-state index contributed by atoms with van der Waals surface area (Å²) >= 11 is 3.41. The fourth-order valence-electron chi connectivity index (χ4n) is 1.55. The van der Waals surface area contributed by atoms with Crippen LogP contribution in [0.15, 0.2) is 34.8 Å². The molecule has 1 aromatic carbocycles. The molecule has 0 atom stereocenters. The molecule has 0 bridgehead atoms. The molecule has 0 aliphatic rings. The van der Waals surface area contributed by atoms with Gasteiger partial charge in [-0.3, -0.25) is 0 Å². The van der Waals surface area contributed by atoms with Crippen molar-refractivity contribution in [3.05, 3.63) is 40.5 Å². The van der Waals surface area contributed by atoms with E-state index in [0.717, 1.165) is 28.2 Å². The fraction of sp³-hybridized carbons (Fsp3) is 0.231. The van der Waals surface area contributed by atoms with Crippen molar-refractivity contribution in [3.8, 4) is 0 Å². The first-order valence-electron chi connectivity index (χ1n) is 5.79. The van der Waals surface area contributed by atoms with Gasteiger partial charge in [0.2, 0.25) is 5.95 Å². The molecule has 1 heterocycles. The molecule has 5 heteroatoms. The lowest BCUT2D eigenvalue weighted by Gasteiger charge is -2.09.